The highest BCUT2D eigenvalue weighted by Gasteiger charge is 2.24. The summed E-state index contributed by atoms with van der Waals surface area (Å²) in [6, 6.07) is 6.34. The third kappa shape index (κ3) is 4.91. The van der Waals surface area contributed by atoms with Gasteiger partial charge in [-0.15, -0.1) is 0 Å². The highest BCUT2D eigenvalue weighted by atomic mass is 35.5. The second-order valence-corrected chi connectivity index (χ2v) is 9.29. The fraction of sp³-hybridized carbons (Fsp3) is 0.385. The highest BCUT2D eigenvalue weighted by Crippen LogP contribution is 2.45. The number of aryl methyl sites for hydroxylation is 1. The molecular formula is C26H31ClFN5O3. The lowest BCUT2D eigenvalue weighted by molar-refractivity contribution is 0.190. The Balaban J connectivity index is 1.80. The molecule has 4 aromatic rings. The zero-order chi connectivity index (χ0) is 26.0. The molecule has 0 saturated heterocycles. The molecule has 8 nitrogen and oxygen atoms in total. The molecule has 2 aromatic carbocycles. The summed E-state index contributed by atoms with van der Waals surface area (Å²) in [5.41, 5.74) is 2.02. The lowest BCUT2D eigenvalue weighted by atomic mass is 9.99. The van der Waals surface area contributed by atoms with E-state index in [0.29, 0.717) is 58.4 Å². The number of H-pyrrole nitrogens is 1. The van der Waals surface area contributed by atoms with Crippen molar-refractivity contribution in [3.8, 4) is 28.5 Å². The molecule has 4 rings (SSSR count). The summed E-state index contributed by atoms with van der Waals surface area (Å²) in [5.74, 6) is 0.132. The van der Waals surface area contributed by atoms with Gasteiger partial charge in [-0.05, 0) is 59.1 Å². The summed E-state index contributed by atoms with van der Waals surface area (Å²) in [7, 11) is 5.51. The van der Waals surface area contributed by atoms with Gasteiger partial charge in [0.1, 0.15) is 18.2 Å². The van der Waals surface area contributed by atoms with Gasteiger partial charge in [0, 0.05) is 40.7 Å². The average Bonchev–Trinajstić information content (AvgIpc) is 3.24. The van der Waals surface area contributed by atoms with Crippen LogP contribution in [0.1, 0.15) is 19.0 Å². The van der Waals surface area contributed by atoms with Crippen LogP contribution in [0, 0.1) is 12.7 Å². The van der Waals surface area contributed by atoms with Crippen LogP contribution in [-0.2, 0) is 0 Å². The Morgan fingerprint density at radius 3 is 2.72 bits per heavy atom. The van der Waals surface area contributed by atoms with Crippen molar-refractivity contribution in [2.24, 2.45) is 0 Å². The fourth-order valence-corrected chi connectivity index (χ4v) is 4.48. The van der Waals surface area contributed by atoms with Gasteiger partial charge in [0.05, 0.1) is 23.2 Å². The predicted molar refractivity (Wildman–Crippen MR) is 141 cm³/mol. The zero-order valence-electron chi connectivity index (χ0n) is 21.1. The SMILES string of the molecule is CNCCC(C)N(C)CCOc1cc(F)c2c(-c3ccc(O)c(Cl)c3)nc3n[nH]c(C)c3c2c1OC. The second-order valence-electron chi connectivity index (χ2n) is 8.88. The maximum absolute atomic E-state index is 15.8. The summed E-state index contributed by atoms with van der Waals surface area (Å²) in [5, 5.41) is 21.8. The van der Waals surface area contributed by atoms with Gasteiger partial charge in [-0.2, -0.15) is 5.10 Å². The van der Waals surface area contributed by atoms with E-state index >= 15 is 4.39 Å². The van der Waals surface area contributed by atoms with Crippen LogP contribution in [0.25, 0.3) is 33.1 Å². The van der Waals surface area contributed by atoms with Crippen molar-refractivity contribution in [3.05, 3.63) is 40.8 Å². The lowest BCUT2D eigenvalue weighted by Crippen LogP contribution is -2.34. The molecule has 0 fully saturated rings. The molecule has 192 valence electrons. The molecule has 0 aliphatic rings. The minimum atomic E-state index is -0.509. The number of benzene rings is 2. The first-order chi connectivity index (χ1) is 17.3. The molecular weight excluding hydrogens is 485 g/mol. The van der Waals surface area contributed by atoms with Crippen molar-refractivity contribution in [1.29, 1.82) is 0 Å². The second kappa shape index (κ2) is 10.9. The standard InChI is InChI=1S/C26H31ClFN5O3/c1-14(8-9-29-3)33(4)10-11-36-20-13-18(28)22-23(25(20)35-5)21-15(2)31-32-26(21)30-24(22)16-6-7-19(34)17(27)12-16/h6-7,12-14,29,34H,8-11H2,1-5H3,(H,30,31,32). The smallest absolute Gasteiger partial charge is 0.182 e. The van der Waals surface area contributed by atoms with Crippen molar-refractivity contribution in [2.45, 2.75) is 26.3 Å². The number of hydrogen-bond donors (Lipinski definition) is 3. The number of aromatic amines is 1. The van der Waals surface area contributed by atoms with E-state index in [0.717, 1.165) is 18.7 Å². The molecule has 1 atom stereocenters. The first-order valence-corrected chi connectivity index (χ1v) is 12.2. The van der Waals surface area contributed by atoms with Gasteiger partial charge in [-0.25, -0.2) is 9.37 Å². The number of phenols is 1. The topological polar surface area (TPSA) is 95.5 Å². The fourth-order valence-electron chi connectivity index (χ4n) is 4.30. The molecule has 2 aromatic heterocycles. The van der Waals surface area contributed by atoms with Crippen molar-refractivity contribution in [2.75, 3.05) is 40.9 Å². The van der Waals surface area contributed by atoms with E-state index in [2.05, 4.69) is 32.3 Å². The number of phenolic OH excluding ortho intramolecular Hbond substituents is 1. The quantitative estimate of drug-likeness (QED) is 0.276. The Morgan fingerprint density at radius 1 is 1.25 bits per heavy atom. The van der Waals surface area contributed by atoms with Gasteiger partial charge < -0.3 is 24.8 Å². The molecule has 1 unspecified atom stereocenters. The number of pyridine rings is 1. The molecule has 0 bridgehead atoms. The summed E-state index contributed by atoms with van der Waals surface area (Å²) >= 11 is 6.15. The monoisotopic (exact) mass is 515 g/mol. The van der Waals surface area contributed by atoms with E-state index in [9.17, 15) is 5.11 Å². The van der Waals surface area contributed by atoms with Crippen LogP contribution in [0.15, 0.2) is 24.3 Å². The van der Waals surface area contributed by atoms with Crippen LogP contribution in [0.4, 0.5) is 4.39 Å². The van der Waals surface area contributed by atoms with E-state index in [4.69, 9.17) is 21.1 Å². The summed E-state index contributed by atoms with van der Waals surface area (Å²) < 4.78 is 27.7. The van der Waals surface area contributed by atoms with Gasteiger partial charge in [0.25, 0.3) is 0 Å². The molecule has 2 heterocycles. The Morgan fingerprint density at radius 2 is 2.03 bits per heavy atom. The van der Waals surface area contributed by atoms with Crippen LogP contribution < -0.4 is 14.8 Å². The van der Waals surface area contributed by atoms with Gasteiger partial charge in [-0.3, -0.25) is 5.10 Å². The van der Waals surface area contributed by atoms with Crippen LogP contribution >= 0.6 is 11.6 Å². The maximum Gasteiger partial charge on any atom is 0.182 e. The van der Waals surface area contributed by atoms with Crippen molar-refractivity contribution >= 4 is 33.4 Å². The Hall–Kier alpha value is -3.14. The minimum Gasteiger partial charge on any atom is -0.506 e. The van der Waals surface area contributed by atoms with Gasteiger partial charge >= 0.3 is 0 Å². The number of nitrogens with one attached hydrogen (secondary N) is 2. The number of rotatable bonds is 10. The molecule has 0 amide bonds. The predicted octanol–water partition coefficient (Wildman–Crippen LogP) is 4.90. The molecule has 10 heteroatoms. The van der Waals surface area contributed by atoms with E-state index < -0.39 is 5.82 Å². The number of hydrogen-bond acceptors (Lipinski definition) is 7. The average molecular weight is 516 g/mol. The third-order valence-corrected chi connectivity index (χ3v) is 6.82. The van der Waals surface area contributed by atoms with Crippen LogP contribution in [-0.4, -0.2) is 72.1 Å². The summed E-state index contributed by atoms with van der Waals surface area (Å²) in [6.07, 6.45) is 1.01. The van der Waals surface area contributed by atoms with E-state index in [1.165, 1.54) is 19.2 Å². The summed E-state index contributed by atoms with van der Waals surface area (Å²) in [6.45, 7) is 5.97. The lowest BCUT2D eigenvalue weighted by Gasteiger charge is -2.25. The minimum absolute atomic E-state index is 0.0691. The van der Waals surface area contributed by atoms with Crippen molar-refractivity contribution in [3.63, 3.8) is 0 Å². The normalized spacial score (nSPS) is 12.6. The van der Waals surface area contributed by atoms with Gasteiger partial charge in [0.2, 0.25) is 0 Å². The zero-order valence-corrected chi connectivity index (χ0v) is 21.8. The molecule has 36 heavy (non-hydrogen) atoms. The molecule has 0 aliphatic carbocycles. The number of fused-ring (bicyclic) bond motifs is 3. The molecule has 0 radical (unpaired) electrons. The van der Waals surface area contributed by atoms with Crippen LogP contribution in [0.5, 0.6) is 17.2 Å². The molecule has 0 aliphatic heterocycles. The number of halogens is 2. The highest BCUT2D eigenvalue weighted by molar-refractivity contribution is 6.32. The van der Waals surface area contributed by atoms with Crippen molar-refractivity contribution in [1.82, 2.24) is 25.4 Å². The first-order valence-electron chi connectivity index (χ1n) is 11.8. The first kappa shape index (κ1) is 25.9. The Labute approximate surface area is 214 Å². The number of likely N-dealkylation sites (N-methyl/N-ethyl adjacent to an activating group) is 1. The molecule has 3 N–H and O–H groups in total. The Bertz CT molecular complexity index is 1390. The maximum atomic E-state index is 15.8. The van der Waals surface area contributed by atoms with Gasteiger partial charge in [-0.1, -0.05) is 11.6 Å². The summed E-state index contributed by atoms with van der Waals surface area (Å²) in [4.78, 5) is 6.83. The number of aromatic nitrogens is 3. The number of ether oxygens (including phenoxy) is 2. The molecule has 0 saturated carbocycles. The number of aromatic hydroxyl groups is 1. The molecule has 0 spiro atoms. The van der Waals surface area contributed by atoms with E-state index in [1.54, 1.807) is 12.1 Å². The van der Waals surface area contributed by atoms with Gasteiger partial charge in [0.15, 0.2) is 17.1 Å². The van der Waals surface area contributed by atoms with Crippen molar-refractivity contribution < 1.29 is 19.0 Å². The number of methoxy groups -OCH3 is 1. The van der Waals surface area contributed by atoms with E-state index in [1.807, 2.05) is 21.0 Å². The largest absolute Gasteiger partial charge is 0.506 e. The number of nitrogens with zero attached hydrogens (tertiary/aromatic N) is 3. The van der Waals surface area contributed by atoms with Crippen LogP contribution in [0.2, 0.25) is 5.02 Å². The Kier molecular flexibility index (Phi) is 7.82. The third-order valence-electron chi connectivity index (χ3n) is 6.52. The van der Waals surface area contributed by atoms with Crippen LogP contribution in [0.3, 0.4) is 0 Å². The van der Waals surface area contributed by atoms with E-state index in [-0.39, 0.29) is 16.2 Å².